The van der Waals surface area contributed by atoms with Gasteiger partial charge in [0.1, 0.15) is 0 Å². The fourth-order valence-corrected chi connectivity index (χ4v) is 3.98. The van der Waals surface area contributed by atoms with Crippen molar-refractivity contribution in [2.24, 2.45) is 0 Å². The summed E-state index contributed by atoms with van der Waals surface area (Å²) in [4.78, 5) is 1.43. The van der Waals surface area contributed by atoms with Gasteiger partial charge in [-0.1, -0.05) is 52.3 Å². The van der Waals surface area contributed by atoms with E-state index in [9.17, 15) is 0 Å². The van der Waals surface area contributed by atoms with Gasteiger partial charge in [0.25, 0.3) is 0 Å². The molecule has 0 radical (unpaired) electrons. The van der Waals surface area contributed by atoms with Crippen molar-refractivity contribution in [1.29, 1.82) is 0 Å². The second kappa shape index (κ2) is 6.12. The number of halogens is 1. The Hall–Kier alpha value is -0.770. The molecular formula is C16H16BrNS. The molecule has 3 rings (SSSR count). The third kappa shape index (κ3) is 3.04. The van der Waals surface area contributed by atoms with E-state index in [1.807, 2.05) is 11.8 Å². The topological polar surface area (TPSA) is 12.0 Å². The summed E-state index contributed by atoms with van der Waals surface area (Å²) in [5.41, 5.74) is 2.77. The zero-order chi connectivity index (χ0) is 13.1. The molecule has 1 nitrogen and oxygen atoms in total. The van der Waals surface area contributed by atoms with Gasteiger partial charge in [0.2, 0.25) is 0 Å². The summed E-state index contributed by atoms with van der Waals surface area (Å²) >= 11 is 5.58. The number of fused-ring (bicyclic) bond motifs is 1. The maximum absolute atomic E-state index is 3.69. The van der Waals surface area contributed by atoms with Gasteiger partial charge in [-0.3, -0.25) is 0 Å². The molecule has 0 aliphatic carbocycles. The first kappa shape index (κ1) is 13.2. The summed E-state index contributed by atoms with van der Waals surface area (Å²) in [6.07, 6.45) is 1.20. The van der Waals surface area contributed by atoms with Gasteiger partial charge in [0, 0.05) is 22.0 Å². The third-order valence-electron chi connectivity index (χ3n) is 3.46. The lowest BCUT2D eigenvalue weighted by molar-refractivity contribution is 0.509. The van der Waals surface area contributed by atoms with Gasteiger partial charge in [-0.05, 0) is 35.4 Å². The van der Waals surface area contributed by atoms with Crippen molar-refractivity contribution in [1.82, 2.24) is 5.32 Å². The van der Waals surface area contributed by atoms with E-state index in [2.05, 4.69) is 69.8 Å². The lowest BCUT2D eigenvalue weighted by atomic mass is 10.0. The predicted molar refractivity (Wildman–Crippen MR) is 85.5 cm³/mol. The average molecular weight is 334 g/mol. The molecule has 0 saturated carbocycles. The van der Waals surface area contributed by atoms with E-state index in [1.54, 1.807) is 0 Å². The molecule has 2 aromatic carbocycles. The van der Waals surface area contributed by atoms with Crippen molar-refractivity contribution in [3.8, 4) is 0 Å². The Bertz CT molecular complexity index is 570. The van der Waals surface area contributed by atoms with Crippen molar-refractivity contribution in [2.45, 2.75) is 23.9 Å². The fraction of sp³-hybridized carbons (Fsp3) is 0.250. The summed E-state index contributed by atoms with van der Waals surface area (Å²) in [5, 5.41) is 3.69. The fourth-order valence-electron chi connectivity index (χ4n) is 2.43. The largest absolute Gasteiger partial charge is 0.306 e. The molecule has 0 spiro atoms. The first-order valence-corrected chi connectivity index (χ1v) is 8.31. The highest BCUT2D eigenvalue weighted by Gasteiger charge is 2.19. The minimum Gasteiger partial charge on any atom is -0.306 e. The van der Waals surface area contributed by atoms with Crippen molar-refractivity contribution < 1.29 is 0 Å². The van der Waals surface area contributed by atoms with Crippen LogP contribution in [-0.2, 0) is 6.54 Å². The van der Waals surface area contributed by atoms with E-state index in [1.165, 1.54) is 32.7 Å². The SMILES string of the molecule is Brc1ccccc1CNC1CCSc2ccccc21. The quantitative estimate of drug-likeness (QED) is 0.867. The van der Waals surface area contributed by atoms with E-state index in [0.717, 1.165) is 6.54 Å². The third-order valence-corrected chi connectivity index (χ3v) is 5.35. The van der Waals surface area contributed by atoms with Crippen LogP contribution in [-0.4, -0.2) is 5.75 Å². The van der Waals surface area contributed by atoms with Gasteiger partial charge in [0.15, 0.2) is 0 Å². The summed E-state index contributed by atoms with van der Waals surface area (Å²) in [6.45, 7) is 0.908. The van der Waals surface area contributed by atoms with Gasteiger partial charge >= 0.3 is 0 Å². The molecule has 98 valence electrons. The molecule has 0 bridgehead atoms. The summed E-state index contributed by atoms with van der Waals surface area (Å²) in [6, 6.07) is 17.6. The van der Waals surface area contributed by atoms with Crippen LogP contribution in [0, 0.1) is 0 Å². The van der Waals surface area contributed by atoms with E-state index < -0.39 is 0 Å². The zero-order valence-electron chi connectivity index (χ0n) is 10.6. The first-order valence-electron chi connectivity index (χ1n) is 6.53. The van der Waals surface area contributed by atoms with Crippen LogP contribution < -0.4 is 5.32 Å². The Morgan fingerprint density at radius 3 is 2.79 bits per heavy atom. The van der Waals surface area contributed by atoms with Gasteiger partial charge in [-0.2, -0.15) is 0 Å². The van der Waals surface area contributed by atoms with Gasteiger partial charge in [0.05, 0.1) is 0 Å². The van der Waals surface area contributed by atoms with Gasteiger partial charge in [-0.25, -0.2) is 0 Å². The molecule has 1 N–H and O–H groups in total. The van der Waals surface area contributed by atoms with Crippen LogP contribution in [0.1, 0.15) is 23.6 Å². The van der Waals surface area contributed by atoms with Crippen LogP contribution >= 0.6 is 27.7 Å². The molecule has 0 fully saturated rings. The predicted octanol–water partition coefficient (Wildman–Crippen LogP) is 4.78. The summed E-state index contributed by atoms with van der Waals surface area (Å²) in [5.74, 6) is 1.20. The molecule has 1 unspecified atom stereocenters. The van der Waals surface area contributed by atoms with Crippen molar-refractivity contribution in [2.75, 3.05) is 5.75 Å². The monoisotopic (exact) mass is 333 g/mol. The molecule has 1 heterocycles. The van der Waals surface area contributed by atoms with E-state index in [4.69, 9.17) is 0 Å². The highest BCUT2D eigenvalue weighted by atomic mass is 79.9. The minimum atomic E-state index is 0.476. The second-order valence-corrected chi connectivity index (χ2v) is 6.69. The Kier molecular flexibility index (Phi) is 4.26. The maximum Gasteiger partial charge on any atom is 0.0342 e. The lowest BCUT2D eigenvalue weighted by Gasteiger charge is -2.26. The first-order chi connectivity index (χ1) is 9.34. The Morgan fingerprint density at radius 1 is 1.11 bits per heavy atom. The molecular weight excluding hydrogens is 318 g/mol. The molecule has 3 heteroatoms. The number of benzene rings is 2. The standard InChI is InChI=1S/C16H16BrNS/c17-14-7-3-1-5-12(14)11-18-15-9-10-19-16-8-4-2-6-13(15)16/h1-8,15,18H,9-11H2. The van der Waals surface area contributed by atoms with Crippen molar-refractivity contribution >= 4 is 27.7 Å². The summed E-state index contributed by atoms with van der Waals surface area (Å²) < 4.78 is 1.18. The van der Waals surface area contributed by atoms with Crippen LogP contribution in [0.15, 0.2) is 57.9 Å². The molecule has 1 aliphatic heterocycles. The van der Waals surface area contributed by atoms with Gasteiger partial charge in [-0.15, -0.1) is 11.8 Å². The van der Waals surface area contributed by atoms with E-state index >= 15 is 0 Å². The Labute approximate surface area is 126 Å². The van der Waals surface area contributed by atoms with Crippen molar-refractivity contribution in [3.05, 3.63) is 64.1 Å². The van der Waals surface area contributed by atoms with Gasteiger partial charge < -0.3 is 5.32 Å². The lowest BCUT2D eigenvalue weighted by Crippen LogP contribution is -2.24. The number of nitrogens with one attached hydrogen (secondary N) is 1. The zero-order valence-corrected chi connectivity index (χ0v) is 13.0. The Morgan fingerprint density at radius 2 is 1.89 bits per heavy atom. The van der Waals surface area contributed by atoms with E-state index in [-0.39, 0.29) is 0 Å². The molecule has 0 aromatic heterocycles. The highest BCUT2D eigenvalue weighted by Crippen LogP contribution is 2.36. The van der Waals surface area contributed by atoms with Crippen molar-refractivity contribution in [3.63, 3.8) is 0 Å². The smallest absolute Gasteiger partial charge is 0.0342 e. The average Bonchev–Trinajstić information content (AvgIpc) is 2.46. The number of thioether (sulfide) groups is 1. The number of hydrogen-bond acceptors (Lipinski definition) is 2. The molecule has 1 atom stereocenters. The minimum absolute atomic E-state index is 0.476. The molecule has 0 amide bonds. The van der Waals surface area contributed by atoms with E-state index in [0.29, 0.717) is 6.04 Å². The van der Waals surface area contributed by atoms with Crippen LogP contribution in [0.3, 0.4) is 0 Å². The second-order valence-electron chi connectivity index (χ2n) is 4.70. The maximum atomic E-state index is 3.69. The number of hydrogen-bond donors (Lipinski definition) is 1. The molecule has 0 saturated heterocycles. The highest BCUT2D eigenvalue weighted by molar-refractivity contribution is 9.10. The normalized spacial score (nSPS) is 18.1. The van der Waals surface area contributed by atoms with Crippen LogP contribution in [0.5, 0.6) is 0 Å². The number of rotatable bonds is 3. The van der Waals surface area contributed by atoms with Crippen LogP contribution in [0.2, 0.25) is 0 Å². The molecule has 2 aromatic rings. The molecule has 1 aliphatic rings. The summed E-state index contributed by atoms with van der Waals surface area (Å²) in [7, 11) is 0. The Balaban J connectivity index is 1.73. The van der Waals surface area contributed by atoms with Crippen LogP contribution in [0.4, 0.5) is 0 Å². The van der Waals surface area contributed by atoms with Crippen LogP contribution in [0.25, 0.3) is 0 Å². The molecule has 19 heavy (non-hydrogen) atoms.